The van der Waals surface area contributed by atoms with E-state index in [0.717, 1.165) is 71.5 Å². The van der Waals surface area contributed by atoms with Crippen LogP contribution in [0.4, 0.5) is 14.6 Å². The molecule has 11 heteroatoms. The Hall–Kier alpha value is -3.67. The molecular weight excluding hydrogens is 566 g/mol. The van der Waals surface area contributed by atoms with E-state index in [4.69, 9.17) is 14.5 Å². The number of pyridine rings is 1. The highest BCUT2D eigenvalue weighted by Crippen LogP contribution is 2.47. The predicted molar refractivity (Wildman–Crippen MR) is 165 cm³/mol. The van der Waals surface area contributed by atoms with Crippen molar-refractivity contribution in [2.24, 2.45) is 5.41 Å². The number of halogens is 2. The Morgan fingerprint density at radius 3 is 2.70 bits per heavy atom. The van der Waals surface area contributed by atoms with Crippen LogP contribution in [0.5, 0.6) is 11.8 Å². The summed E-state index contributed by atoms with van der Waals surface area (Å²) in [4.78, 5) is 16.4. The van der Waals surface area contributed by atoms with Crippen molar-refractivity contribution < 1.29 is 23.4 Å². The van der Waals surface area contributed by atoms with Crippen molar-refractivity contribution in [1.82, 2.24) is 25.3 Å². The lowest BCUT2D eigenvalue weighted by Crippen LogP contribution is -2.41. The summed E-state index contributed by atoms with van der Waals surface area (Å²) in [5.41, 5.74) is 4.26. The molecule has 2 aromatic heterocycles. The summed E-state index contributed by atoms with van der Waals surface area (Å²) in [5, 5.41) is 14.1. The van der Waals surface area contributed by atoms with Gasteiger partial charge in [0.05, 0.1) is 25.2 Å². The fourth-order valence-corrected chi connectivity index (χ4v) is 6.53. The summed E-state index contributed by atoms with van der Waals surface area (Å²) in [5.74, 6) is -0.590. The fraction of sp³-hybridized carbons (Fsp3) is 0.485. The Morgan fingerprint density at radius 1 is 1.07 bits per heavy atom. The van der Waals surface area contributed by atoms with Gasteiger partial charge in [-0.05, 0) is 66.6 Å². The number of morpholine rings is 1. The van der Waals surface area contributed by atoms with Gasteiger partial charge in [-0.2, -0.15) is 9.97 Å². The minimum absolute atomic E-state index is 0.0101. The molecule has 232 valence electrons. The van der Waals surface area contributed by atoms with E-state index in [-0.39, 0.29) is 34.2 Å². The smallest absolute Gasteiger partial charge is 0.319 e. The van der Waals surface area contributed by atoms with Crippen molar-refractivity contribution in [2.45, 2.75) is 45.4 Å². The minimum Gasteiger partial charge on any atom is -0.508 e. The number of nitrogens with zero attached hydrogens (tertiary/aromatic N) is 5. The Labute approximate surface area is 255 Å². The molecule has 0 radical (unpaired) electrons. The zero-order chi connectivity index (χ0) is 30.3. The van der Waals surface area contributed by atoms with Crippen LogP contribution in [0.3, 0.4) is 0 Å². The number of benzene rings is 2. The largest absolute Gasteiger partial charge is 0.508 e. The highest BCUT2D eigenvalue weighted by molar-refractivity contribution is 6.01. The number of aromatic hydroxyl groups is 1. The van der Waals surface area contributed by atoms with Crippen LogP contribution < -0.4 is 15.2 Å². The molecule has 4 aromatic rings. The van der Waals surface area contributed by atoms with Gasteiger partial charge in [0.2, 0.25) is 0 Å². The molecule has 2 aliphatic heterocycles. The topological polar surface area (TPSA) is 95.9 Å². The van der Waals surface area contributed by atoms with Crippen LogP contribution in [0.1, 0.15) is 44.6 Å². The average molecular weight is 605 g/mol. The van der Waals surface area contributed by atoms with Crippen molar-refractivity contribution in [1.29, 1.82) is 0 Å². The zero-order valence-corrected chi connectivity index (χ0v) is 25.0. The molecule has 0 amide bonds. The molecule has 0 bridgehead atoms. The number of phenolic OH excluding ortho intramolecular Hbond substituents is 1. The number of rotatable bonds is 8. The standard InChI is InChI=1S/C33H38F2N6O3/c1-2-23-26(34)7-6-21-16-22(42)17-24(27(21)23)29-28(35)30-25(18-36-29)31(41-11-5-3-4-10-37-41)39-32(38-30)44-20-33(8-9-33)19-40-12-14-43-15-13-40/h6-7,16-18,37,42H,2-5,8-15,19-20H2,1H3. The Bertz CT molecular complexity index is 1680. The number of hydrogen-bond donors (Lipinski definition) is 2. The SMILES string of the molecule is CCc1c(F)ccc2cc(O)cc(-c3ncc4c(N5CCCCCN5)nc(OCC5(CN6CCOCC6)CC5)nc4c3F)c12. The molecule has 2 N–H and O–H groups in total. The number of aryl methyl sites for hydroxylation is 1. The van der Waals surface area contributed by atoms with Crippen LogP contribution in [0, 0.1) is 17.0 Å². The van der Waals surface area contributed by atoms with Crippen molar-refractivity contribution in [2.75, 3.05) is 57.6 Å². The second kappa shape index (κ2) is 12.0. The second-order valence-electron chi connectivity index (χ2n) is 12.3. The number of anilines is 1. The summed E-state index contributed by atoms with van der Waals surface area (Å²) in [6.07, 6.45) is 7.16. The molecule has 3 fully saturated rings. The Kier molecular flexibility index (Phi) is 7.94. The number of hydrazine groups is 1. The molecule has 2 aromatic carbocycles. The van der Waals surface area contributed by atoms with Gasteiger partial charge in [0.1, 0.15) is 22.8 Å². The number of aromatic nitrogens is 3. The van der Waals surface area contributed by atoms with Crippen molar-refractivity contribution in [3.63, 3.8) is 0 Å². The molecule has 3 aliphatic rings. The number of ether oxygens (including phenoxy) is 2. The quantitative estimate of drug-likeness (QED) is 0.275. The summed E-state index contributed by atoms with van der Waals surface area (Å²) in [6, 6.07) is 6.07. The summed E-state index contributed by atoms with van der Waals surface area (Å²) < 4.78 is 43.4. The van der Waals surface area contributed by atoms with Gasteiger partial charge in [0.25, 0.3) is 0 Å². The van der Waals surface area contributed by atoms with Crippen molar-refractivity contribution in [3.8, 4) is 23.0 Å². The van der Waals surface area contributed by atoms with Gasteiger partial charge in [-0.1, -0.05) is 19.4 Å². The first-order valence-corrected chi connectivity index (χ1v) is 15.7. The molecule has 0 spiro atoms. The molecular formula is C33H38F2N6O3. The van der Waals surface area contributed by atoms with Crippen molar-refractivity contribution >= 4 is 27.5 Å². The summed E-state index contributed by atoms with van der Waals surface area (Å²) in [6.45, 7) is 8.00. The maximum atomic E-state index is 16.7. The number of hydrogen-bond acceptors (Lipinski definition) is 9. The van der Waals surface area contributed by atoms with Gasteiger partial charge in [-0.25, -0.2) is 14.2 Å². The molecule has 9 nitrogen and oxygen atoms in total. The van der Waals surface area contributed by atoms with Crippen LogP contribution in [-0.2, 0) is 11.2 Å². The van der Waals surface area contributed by atoms with E-state index < -0.39 is 5.82 Å². The first-order valence-electron chi connectivity index (χ1n) is 15.7. The van der Waals surface area contributed by atoms with Crippen LogP contribution in [0.15, 0.2) is 30.5 Å². The molecule has 0 atom stereocenters. The van der Waals surface area contributed by atoms with Crippen LogP contribution >= 0.6 is 0 Å². The van der Waals surface area contributed by atoms with Gasteiger partial charge < -0.3 is 14.6 Å². The lowest BCUT2D eigenvalue weighted by atomic mass is 9.94. The lowest BCUT2D eigenvalue weighted by molar-refractivity contribution is 0.0231. The normalized spacial score (nSPS) is 18.9. The maximum absolute atomic E-state index is 16.7. The molecule has 2 saturated heterocycles. The van der Waals surface area contributed by atoms with Crippen LogP contribution in [0.2, 0.25) is 0 Å². The average Bonchev–Trinajstić information content (AvgIpc) is 3.84. The van der Waals surface area contributed by atoms with E-state index in [9.17, 15) is 9.50 Å². The van der Waals surface area contributed by atoms with Gasteiger partial charge >= 0.3 is 6.01 Å². The maximum Gasteiger partial charge on any atom is 0.319 e. The van der Waals surface area contributed by atoms with Gasteiger partial charge in [-0.15, -0.1) is 0 Å². The number of fused-ring (bicyclic) bond motifs is 2. The van der Waals surface area contributed by atoms with Gasteiger partial charge in [0, 0.05) is 49.9 Å². The molecule has 1 aliphatic carbocycles. The highest BCUT2D eigenvalue weighted by Gasteiger charge is 2.45. The third kappa shape index (κ3) is 5.64. The monoisotopic (exact) mass is 604 g/mol. The molecule has 7 rings (SSSR count). The van der Waals surface area contributed by atoms with Crippen LogP contribution in [0.25, 0.3) is 32.9 Å². The minimum atomic E-state index is -0.668. The Balaban J connectivity index is 1.31. The lowest BCUT2D eigenvalue weighted by Gasteiger charge is -2.30. The van der Waals surface area contributed by atoms with E-state index in [2.05, 4.69) is 20.3 Å². The van der Waals surface area contributed by atoms with E-state index in [1.54, 1.807) is 18.3 Å². The first kappa shape index (κ1) is 29.1. The summed E-state index contributed by atoms with van der Waals surface area (Å²) >= 11 is 0. The van der Waals surface area contributed by atoms with Gasteiger partial charge in [-0.3, -0.25) is 14.9 Å². The molecule has 0 unspecified atom stereocenters. The third-order valence-electron chi connectivity index (χ3n) is 9.15. The predicted octanol–water partition coefficient (Wildman–Crippen LogP) is 5.38. The number of phenols is 1. The molecule has 44 heavy (non-hydrogen) atoms. The highest BCUT2D eigenvalue weighted by atomic mass is 19.1. The first-order chi connectivity index (χ1) is 21.4. The fourth-order valence-electron chi connectivity index (χ4n) is 6.53. The van der Waals surface area contributed by atoms with E-state index >= 15 is 4.39 Å². The Morgan fingerprint density at radius 2 is 1.91 bits per heavy atom. The number of nitrogens with one attached hydrogen (secondary N) is 1. The zero-order valence-electron chi connectivity index (χ0n) is 25.0. The van der Waals surface area contributed by atoms with E-state index in [1.807, 2.05) is 11.9 Å². The molecule has 1 saturated carbocycles. The third-order valence-corrected chi connectivity index (χ3v) is 9.15. The van der Waals surface area contributed by atoms with Gasteiger partial charge in [0.15, 0.2) is 11.6 Å². The summed E-state index contributed by atoms with van der Waals surface area (Å²) in [7, 11) is 0. The molecule has 4 heterocycles. The van der Waals surface area contributed by atoms with Crippen LogP contribution in [-0.4, -0.2) is 77.5 Å². The van der Waals surface area contributed by atoms with Crippen molar-refractivity contribution in [3.05, 3.63) is 47.7 Å². The second-order valence-corrected chi connectivity index (χ2v) is 12.3. The van der Waals surface area contributed by atoms with E-state index in [0.29, 0.717) is 52.7 Å². The van der Waals surface area contributed by atoms with E-state index in [1.165, 1.54) is 12.1 Å².